The molecule has 6 atom stereocenters. The van der Waals surface area contributed by atoms with Gasteiger partial charge in [-0.1, -0.05) is 25.5 Å². The molecular formula is C23H42F2O5PSi+. The number of rotatable bonds is 16. The number of ether oxygens (including phenoxy) is 1. The van der Waals surface area contributed by atoms with Crippen LogP contribution in [-0.2, 0) is 18.5 Å². The minimum Gasteiger partial charge on any atom is -0.469 e. The van der Waals surface area contributed by atoms with E-state index in [1.807, 2.05) is 32.2 Å². The van der Waals surface area contributed by atoms with Gasteiger partial charge in [-0.2, -0.15) is 0 Å². The Bertz CT molecular complexity index is 565. The molecule has 0 bridgehead atoms. The number of halogens is 2. The summed E-state index contributed by atoms with van der Waals surface area (Å²) in [7, 11) is 2.38. The fourth-order valence-corrected chi connectivity index (χ4v) is 5.60. The molecule has 0 amide bonds. The lowest BCUT2D eigenvalue weighted by Gasteiger charge is -2.28. The highest BCUT2D eigenvalue weighted by Gasteiger charge is 2.47. The third-order valence-corrected chi connectivity index (χ3v) is 7.30. The number of esters is 1. The van der Waals surface area contributed by atoms with Crippen LogP contribution in [0.5, 0.6) is 0 Å². The van der Waals surface area contributed by atoms with E-state index in [9.17, 15) is 18.7 Å². The smallest absolute Gasteiger partial charge is 0.467 e. The zero-order valence-electron chi connectivity index (χ0n) is 20.0. The summed E-state index contributed by atoms with van der Waals surface area (Å²) in [6, 6.07) is 0. The van der Waals surface area contributed by atoms with Crippen molar-refractivity contribution in [3.05, 3.63) is 12.2 Å². The molecule has 9 heteroatoms. The van der Waals surface area contributed by atoms with Crippen LogP contribution >= 0.6 is 9.47 Å². The van der Waals surface area contributed by atoms with Gasteiger partial charge in [-0.25, -0.2) is 13.2 Å². The minimum atomic E-state index is -2.85. The molecular weight excluding hydrogens is 453 g/mol. The number of hydrogen-bond donors (Lipinski definition) is 1. The van der Waals surface area contributed by atoms with Gasteiger partial charge in [0.2, 0.25) is 0 Å². The van der Waals surface area contributed by atoms with Crippen LogP contribution in [0.25, 0.3) is 0 Å². The van der Waals surface area contributed by atoms with E-state index in [0.717, 1.165) is 12.8 Å². The molecule has 0 saturated heterocycles. The largest absolute Gasteiger partial charge is 0.469 e. The number of alkyl halides is 2. The van der Waals surface area contributed by atoms with Crippen LogP contribution in [0, 0.1) is 11.8 Å². The standard InChI is InChI=1S/C23H42F2O5PSi/c1-5-6-15-23(24,25)21(30-32(3)4)14-13-18-17(19(26)16-20(18)29-31)11-9-7-8-10-12-22(27)28-2/h7,9,17-21,26H,5-6,8,10-16,31H2,1-4H3/q+1/b9-7-/t17?,18-,19?,20?,21?/m1/s1. The van der Waals surface area contributed by atoms with Gasteiger partial charge in [0.05, 0.1) is 32.4 Å². The molecule has 0 aliphatic heterocycles. The summed E-state index contributed by atoms with van der Waals surface area (Å²) in [5, 5.41) is 10.6. The third-order valence-electron chi connectivity index (χ3n) is 6.20. The van der Waals surface area contributed by atoms with Crippen LogP contribution in [0.3, 0.4) is 0 Å². The Hall–Kier alpha value is -0.403. The van der Waals surface area contributed by atoms with Gasteiger partial charge in [0.15, 0.2) is 6.10 Å². The average Bonchev–Trinajstić information content (AvgIpc) is 3.05. The molecule has 1 aliphatic carbocycles. The first-order valence-corrected chi connectivity index (χ1v) is 14.6. The van der Waals surface area contributed by atoms with Gasteiger partial charge in [0.1, 0.15) is 0 Å². The molecule has 5 nitrogen and oxygen atoms in total. The number of methoxy groups -OCH3 is 1. The molecule has 0 spiro atoms. The molecule has 0 aromatic carbocycles. The Morgan fingerprint density at radius 1 is 1.28 bits per heavy atom. The highest BCUT2D eigenvalue weighted by molar-refractivity contribution is 7.09. The second kappa shape index (κ2) is 15.5. The van der Waals surface area contributed by atoms with Gasteiger partial charge in [-0.3, -0.25) is 4.79 Å². The SMILES string of the molecule is CCCCC(F)(F)C(CC[C@H]1C(OP)CC(O)C1C/C=C\CCCC(=O)OC)O[Si+](C)C. The molecule has 1 aliphatic rings. The van der Waals surface area contributed by atoms with Gasteiger partial charge in [-0.05, 0) is 50.4 Å². The van der Waals surface area contributed by atoms with E-state index in [1.54, 1.807) is 0 Å². The second-order valence-electron chi connectivity index (χ2n) is 8.94. The van der Waals surface area contributed by atoms with Crippen molar-refractivity contribution >= 4 is 24.5 Å². The maximum absolute atomic E-state index is 14.8. The fourth-order valence-electron chi connectivity index (χ4n) is 4.43. The van der Waals surface area contributed by atoms with Crippen LogP contribution in [0.15, 0.2) is 12.2 Å². The molecule has 32 heavy (non-hydrogen) atoms. The summed E-state index contributed by atoms with van der Waals surface area (Å²) < 4.78 is 45.6. The number of aliphatic hydroxyl groups is 1. The van der Waals surface area contributed by atoms with Crippen LogP contribution in [0.4, 0.5) is 8.78 Å². The van der Waals surface area contributed by atoms with E-state index >= 15 is 0 Å². The summed E-state index contributed by atoms with van der Waals surface area (Å²) in [5.41, 5.74) is 0. The molecule has 5 unspecified atom stereocenters. The first-order valence-electron chi connectivity index (χ1n) is 11.8. The van der Waals surface area contributed by atoms with E-state index in [4.69, 9.17) is 8.95 Å². The molecule has 0 radical (unpaired) electrons. The minimum absolute atomic E-state index is 0.0142. The molecule has 1 fully saturated rings. The van der Waals surface area contributed by atoms with E-state index in [-0.39, 0.29) is 36.8 Å². The van der Waals surface area contributed by atoms with Gasteiger partial charge in [-0.15, -0.1) is 0 Å². The molecule has 186 valence electrons. The van der Waals surface area contributed by atoms with Crippen LogP contribution in [0.1, 0.15) is 71.1 Å². The quantitative estimate of drug-likeness (QED) is 0.0980. The Kier molecular flexibility index (Phi) is 14.3. The first kappa shape index (κ1) is 29.6. The fraction of sp³-hybridized carbons (Fsp3) is 0.870. The lowest BCUT2D eigenvalue weighted by molar-refractivity contribution is -0.140. The third kappa shape index (κ3) is 10.2. The topological polar surface area (TPSA) is 65.0 Å². The maximum atomic E-state index is 14.8. The molecule has 0 aromatic rings. The van der Waals surface area contributed by atoms with Crippen LogP contribution in [0.2, 0.25) is 13.1 Å². The van der Waals surface area contributed by atoms with E-state index in [2.05, 4.69) is 14.2 Å². The molecule has 1 saturated carbocycles. The van der Waals surface area contributed by atoms with Gasteiger partial charge < -0.3 is 14.4 Å². The predicted molar refractivity (Wildman–Crippen MR) is 128 cm³/mol. The molecule has 1 N–H and O–H groups in total. The molecule has 1 rings (SSSR count). The van der Waals surface area contributed by atoms with Crippen molar-refractivity contribution in [2.75, 3.05) is 7.11 Å². The van der Waals surface area contributed by atoms with Gasteiger partial charge >= 0.3 is 15.0 Å². The van der Waals surface area contributed by atoms with Gasteiger partial charge in [0, 0.05) is 28.7 Å². The van der Waals surface area contributed by atoms with Crippen molar-refractivity contribution in [2.45, 2.75) is 108 Å². The number of carbonyl (C=O) groups is 1. The van der Waals surface area contributed by atoms with Gasteiger partial charge in [0.25, 0.3) is 5.92 Å². The zero-order valence-corrected chi connectivity index (χ0v) is 22.2. The number of carbonyl (C=O) groups excluding carboxylic acids is 1. The number of hydrogen-bond acceptors (Lipinski definition) is 5. The summed E-state index contributed by atoms with van der Waals surface area (Å²) in [4.78, 5) is 11.2. The van der Waals surface area contributed by atoms with Crippen molar-refractivity contribution in [2.24, 2.45) is 11.8 Å². The monoisotopic (exact) mass is 495 g/mol. The Morgan fingerprint density at radius 2 is 2.00 bits per heavy atom. The van der Waals surface area contributed by atoms with E-state index in [0.29, 0.717) is 38.5 Å². The summed E-state index contributed by atoms with van der Waals surface area (Å²) >= 11 is 0. The van der Waals surface area contributed by atoms with Crippen molar-refractivity contribution in [3.8, 4) is 0 Å². The maximum Gasteiger partial charge on any atom is 0.467 e. The second-order valence-corrected chi connectivity index (χ2v) is 11.3. The zero-order chi connectivity index (χ0) is 24.1. The van der Waals surface area contributed by atoms with E-state index in [1.165, 1.54) is 7.11 Å². The number of unbranched alkanes of at least 4 members (excludes halogenated alkanes) is 2. The highest BCUT2D eigenvalue weighted by Crippen LogP contribution is 2.42. The summed E-state index contributed by atoms with van der Waals surface area (Å²) in [6.45, 7) is 5.68. The lowest BCUT2D eigenvalue weighted by atomic mass is 9.85. The number of aliphatic hydroxyl groups excluding tert-OH is 1. The lowest BCUT2D eigenvalue weighted by Crippen LogP contribution is -2.39. The highest BCUT2D eigenvalue weighted by atomic mass is 31.0. The van der Waals surface area contributed by atoms with Crippen LogP contribution in [-0.4, -0.2) is 51.5 Å². The van der Waals surface area contributed by atoms with Crippen LogP contribution < -0.4 is 0 Å². The van der Waals surface area contributed by atoms with E-state index < -0.39 is 27.2 Å². The predicted octanol–water partition coefficient (Wildman–Crippen LogP) is 5.69. The number of allylic oxidation sites excluding steroid dienone is 2. The normalized spacial score (nSPS) is 24.8. The van der Waals surface area contributed by atoms with Crippen molar-refractivity contribution in [1.29, 1.82) is 0 Å². The van der Waals surface area contributed by atoms with Crippen molar-refractivity contribution in [1.82, 2.24) is 0 Å². The molecule has 0 heterocycles. The molecule has 0 aromatic heterocycles. The average molecular weight is 496 g/mol. The first-order chi connectivity index (χ1) is 15.2. The Morgan fingerprint density at radius 3 is 2.59 bits per heavy atom. The van der Waals surface area contributed by atoms with Crippen molar-refractivity contribution < 1.29 is 32.4 Å². The Balaban J connectivity index is 2.73. The van der Waals surface area contributed by atoms with Crippen molar-refractivity contribution in [3.63, 3.8) is 0 Å². The Labute approximate surface area is 196 Å². The summed E-state index contributed by atoms with van der Waals surface area (Å²) in [5.74, 6) is -3.13. The summed E-state index contributed by atoms with van der Waals surface area (Å²) in [6.07, 6.45) is 7.07.